The van der Waals surface area contributed by atoms with Crippen LogP contribution in [0.3, 0.4) is 0 Å². The maximum atomic E-state index is 12.8. The minimum atomic E-state index is -0.168. The number of methoxy groups -OCH3 is 2. The van der Waals surface area contributed by atoms with Crippen molar-refractivity contribution in [3.8, 4) is 22.6 Å². The van der Waals surface area contributed by atoms with Crippen LogP contribution in [0.4, 0.5) is 0 Å². The van der Waals surface area contributed by atoms with Gasteiger partial charge in [-0.05, 0) is 24.6 Å². The van der Waals surface area contributed by atoms with Crippen molar-refractivity contribution in [2.24, 2.45) is 0 Å². The van der Waals surface area contributed by atoms with Gasteiger partial charge in [-0.1, -0.05) is 28.1 Å². The van der Waals surface area contributed by atoms with Crippen molar-refractivity contribution < 1.29 is 14.3 Å². The number of halogens is 1. The Hall–Kier alpha value is -2.80. The van der Waals surface area contributed by atoms with E-state index in [0.717, 1.165) is 32.2 Å². The van der Waals surface area contributed by atoms with Gasteiger partial charge in [0.2, 0.25) is 0 Å². The summed E-state index contributed by atoms with van der Waals surface area (Å²) in [6.45, 7) is 2.00. The Labute approximate surface area is 171 Å². The summed E-state index contributed by atoms with van der Waals surface area (Å²) < 4.78 is 14.1. The van der Waals surface area contributed by atoms with Gasteiger partial charge in [0.05, 0.1) is 30.5 Å². The van der Waals surface area contributed by atoms with Gasteiger partial charge in [-0.3, -0.25) is 4.79 Å². The molecule has 0 radical (unpaired) electrons. The molecule has 4 rings (SSSR count). The minimum Gasteiger partial charge on any atom is -0.496 e. The second kappa shape index (κ2) is 6.67. The summed E-state index contributed by atoms with van der Waals surface area (Å²) in [4.78, 5) is 14.3. The van der Waals surface area contributed by atoms with Crippen LogP contribution in [0.1, 0.15) is 16.2 Å². The Morgan fingerprint density at radius 2 is 1.68 bits per heavy atom. The molecule has 0 spiro atoms. The maximum absolute atomic E-state index is 12.8. The van der Waals surface area contributed by atoms with Crippen LogP contribution in [-0.4, -0.2) is 48.7 Å². The molecule has 0 atom stereocenters. The first-order valence-electron chi connectivity index (χ1n) is 8.76. The normalized spacial score (nSPS) is 11.4. The van der Waals surface area contributed by atoms with Gasteiger partial charge in [0, 0.05) is 35.9 Å². The van der Waals surface area contributed by atoms with E-state index in [2.05, 4.69) is 33.2 Å². The van der Waals surface area contributed by atoms with Crippen LogP contribution in [0.25, 0.3) is 27.4 Å². The molecule has 6 nitrogen and oxygen atoms in total. The first-order chi connectivity index (χ1) is 13.4. The van der Waals surface area contributed by atoms with Crippen LogP contribution in [0, 0.1) is 6.92 Å². The van der Waals surface area contributed by atoms with Gasteiger partial charge < -0.3 is 14.4 Å². The summed E-state index contributed by atoms with van der Waals surface area (Å²) in [5.74, 6) is 1.08. The molecule has 7 heteroatoms. The third kappa shape index (κ3) is 2.53. The molecule has 2 heterocycles. The molecule has 0 N–H and O–H groups in total. The van der Waals surface area contributed by atoms with Crippen molar-refractivity contribution in [3.63, 3.8) is 0 Å². The molecule has 144 valence electrons. The van der Waals surface area contributed by atoms with Gasteiger partial charge in [0.25, 0.3) is 5.91 Å². The standard InChI is InChI=1S/C21H20BrN3O3/c1-11-16(12-6-8-13(22)9-7-12)17-14(27-4)10-15(28-5)18-19(21(26)24(2)3)23-25(11)20(17)18/h6-10H,1-5H3. The zero-order valence-electron chi connectivity index (χ0n) is 16.3. The molecule has 2 aromatic heterocycles. The third-order valence-corrected chi connectivity index (χ3v) is 5.52. The fourth-order valence-corrected chi connectivity index (χ4v) is 3.95. The Bertz CT molecular complexity index is 1200. The minimum absolute atomic E-state index is 0.168. The number of hydrogen-bond acceptors (Lipinski definition) is 4. The number of benzene rings is 2. The number of amides is 1. The lowest BCUT2D eigenvalue weighted by atomic mass is 9.99. The highest BCUT2D eigenvalue weighted by Crippen LogP contribution is 2.46. The molecule has 4 aromatic rings. The fourth-order valence-electron chi connectivity index (χ4n) is 3.69. The molecule has 0 aliphatic heterocycles. The van der Waals surface area contributed by atoms with E-state index in [9.17, 15) is 4.79 Å². The topological polar surface area (TPSA) is 56.1 Å². The largest absolute Gasteiger partial charge is 0.496 e. The zero-order valence-corrected chi connectivity index (χ0v) is 17.9. The summed E-state index contributed by atoms with van der Waals surface area (Å²) in [6, 6.07) is 9.94. The first kappa shape index (κ1) is 18.6. The van der Waals surface area contributed by atoms with Gasteiger partial charge in [0.15, 0.2) is 5.69 Å². The van der Waals surface area contributed by atoms with E-state index in [-0.39, 0.29) is 5.91 Å². The molecular formula is C21H20BrN3O3. The molecule has 0 fully saturated rings. The Kier molecular flexibility index (Phi) is 4.42. The highest BCUT2D eigenvalue weighted by molar-refractivity contribution is 9.10. The Balaban J connectivity index is 2.17. The number of ether oxygens (including phenoxy) is 2. The van der Waals surface area contributed by atoms with Gasteiger partial charge in [0.1, 0.15) is 11.5 Å². The van der Waals surface area contributed by atoms with E-state index in [1.165, 1.54) is 4.90 Å². The fraction of sp³-hybridized carbons (Fsp3) is 0.238. The molecule has 28 heavy (non-hydrogen) atoms. The summed E-state index contributed by atoms with van der Waals surface area (Å²) in [6.07, 6.45) is 0. The SMILES string of the molecule is COc1cc(OC)c2c(-c3ccc(Br)cc3)c(C)n3nc(C(=O)N(C)C)c1c23. The number of hydrogen-bond donors (Lipinski definition) is 0. The van der Waals surface area contributed by atoms with Crippen LogP contribution in [0.15, 0.2) is 34.8 Å². The lowest BCUT2D eigenvalue weighted by Crippen LogP contribution is -2.22. The zero-order chi connectivity index (χ0) is 20.2. The van der Waals surface area contributed by atoms with Crippen LogP contribution in [0.5, 0.6) is 11.5 Å². The molecule has 0 aliphatic rings. The quantitative estimate of drug-likeness (QED) is 0.471. The number of rotatable bonds is 4. The van der Waals surface area contributed by atoms with Crippen molar-refractivity contribution in [2.45, 2.75) is 6.92 Å². The molecular weight excluding hydrogens is 422 g/mol. The molecule has 1 amide bonds. The average molecular weight is 442 g/mol. The van der Waals surface area contributed by atoms with Crippen molar-refractivity contribution >= 4 is 38.1 Å². The van der Waals surface area contributed by atoms with E-state index >= 15 is 0 Å². The van der Waals surface area contributed by atoms with Crippen molar-refractivity contribution in [3.05, 3.63) is 46.2 Å². The summed E-state index contributed by atoms with van der Waals surface area (Å²) >= 11 is 3.49. The number of carbonyl (C=O) groups is 1. The third-order valence-electron chi connectivity index (χ3n) is 4.99. The molecule has 0 aliphatic carbocycles. The van der Waals surface area contributed by atoms with Crippen molar-refractivity contribution in [1.29, 1.82) is 0 Å². The van der Waals surface area contributed by atoms with Gasteiger partial charge in [-0.2, -0.15) is 5.10 Å². The summed E-state index contributed by atoms with van der Waals surface area (Å²) in [5.41, 5.74) is 4.22. The van der Waals surface area contributed by atoms with Gasteiger partial charge >= 0.3 is 0 Å². The lowest BCUT2D eigenvalue weighted by molar-refractivity contribution is 0.0823. The second-order valence-corrected chi connectivity index (χ2v) is 7.72. The van der Waals surface area contributed by atoms with Crippen LogP contribution < -0.4 is 9.47 Å². The molecule has 0 unspecified atom stereocenters. The van der Waals surface area contributed by atoms with Gasteiger partial charge in [-0.25, -0.2) is 4.52 Å². The molecule has 0 bridgehead atoms. The maximum Gasteiger partial charge on any atom is 0.274 e. The smallest absolute Gasteiger partial charge is 0.274 e. The Morgan fingerprint density at radius 3 is 2.25 bits per heavy atom. The summed E-state index contributed by atoms with van der Waals surface area (Å²) in [7, 11) is 6.65. The number of carbonyl (C=O) groups excluding carboxylic acids is 1. The average Bonchev–Trinajstić information content (AvgIpc) is 3.21. The highest BCUT2D eigenvalue weighted by atomic mass is 79.9. The molecule has 0 saturated carbocycles. The predicted octanol–water partition coefficient (Wildman–Crippen LogP) is 4.38. The van der Waals surface area contributed by atoms with E-state index < -0.39 is 0 Å². The Morgan fingerprint density at radius 1 is 1.07 bits per heavy atom. The second-order valence-electron chi connectivity index (χ2n) is 6.81. The number of aryl methyl sites for hydroxylation is 1. The molecule has 0 saturated heterocycles. The lowest BCUT2D eigenvalue weighted by Gasteiger charge is -2.12. The van der Waals surface area contributed by atoms with Crippen molar-refractivity contribution in [2.75, 3.05) is 28.3 Å². The van der Waals surface area contributed by atoms with E-state index in [1.54, 1.807) is 28.3 Å². The van der Waals surface area contributed by atoms with E-state index in [1.807, 2.05) is 29.6 Å². The highest BCUT2D eigenvalue weighted by Gasteiger charge is 2.29. The van der Waals surface area contributed by atoms with Crippen LogP contribution >= 0.6 is 15.9 Å². The first-order valence-corrected chi connectivity index (χ1v) is 9.55. The predicted molar refractivity (Wildman–Crippen MR) is 113 cm³/mol. The van der Waals surface area contributed by atoms with E-state index in [0.29, 0.717) is 22.6 Å². The monoisotopic (exact) mass is 441 g/mol. The number of aromatic nitrogens is 2. The molecule has 2 aromatic carbocycles. The number of nitrogens with zero attached hydrogens (tertiary/aromatic N) is 3. The van der Waals surface area contributed by atoms with Gasteiger partial charge in [-0.15, -0.1) is 0 Å². The van der Waals surface area contributed by atoms with E-state index in [4.69, 9.17) is 9.47 Å². The summed E-state index contributed by atoms with van der Waals surface area (Å²) in [5, 5.41) is 6.28. The van der Waals surface area contributed by atoms with Crippen molar-refractivity contribution in [1.82, 2.24) is 14.5 Å². The van der Waals surface area contributed by atoms with Crippen LogP contribution in [0.2, 0.25) is 0 Å². The van der Waals surface area contributed by atoms with Crippen LogP contribution in [-0.2, 0) is 0 Å².